The van der Waals surface area contributed by atoms with E-state index in [1.165, 1.54) is 44.5 Å². The first-order valence-electron chi connectivity index (χ1n) is 19.9. The largest absolute Gasteiger partial charge is 0.457 e. The van der Waals surface area contributed by atoms with Crippen LogP contribution in [0.5, 0.6) is 11.5 Å². The van der Waals surface area contributed by atoms with E-state index < -0.39 is 10.8 Å². The van der Waals surface area contributed by atoms with Crippen LogP contribution in [0.3, 0.4) is 0 Å². The number of fused-ring (bicyclic) bond motifs is 22. The molecule has 4 nitrogen and oxygen atoms in total. The quantitative estimate of drug-likeness (QED) is 0.168. The summed E-state index contributed by atoms with van der Waals surface area (Å²) in [4.78, 5) is 10.4. The van der Waals surface area contributed by atoms with Crippen LogP contribution >= 0.6 is 0 Å². The summed E-state index contributed by atoms with van der Waals surface area (Å²) >= 11 is 0. The molecule has 7 aromatic carbocycles. The molecule has 3 aromatic heterocycles. The summed E-state index contributed by atoms with van der Waals surface area (Å²) < 4.78 is 13.7. The van der Waals surface area contributed by atoms with Crippen molar-refractivity contribution in [3.8, 4) is 56.3 Å². The Bertz CT molecular complexity index is 3420. The first-order chi connectivity index (χ1) is 28.8. The summed E-state index contributed by atoms with van der Waals surface area (Å²) in [5.74, 6) is 1.68. The monoisotopic (exact) mass is 738 g/mol. The number of benzene rings is 7. The lowest BCUT2D eigenvalue weighted by Crippen LogP contribution is -2.33. The lowest BCUT2D eigenvalue weighted by atomic mass is 9.65. The van der Waals surface area contributed by atoms with Crippen molar-refractivity contribution in [2.24, 2.45) is 0 Å². The van der Waals surface area contributed by atoms with Crippen molar-refractivity contribution in [3.63, 3.8) is 0 Å². The maximum Gasteiger partial charge on any atom is 0.143 e. The maximum atomic E-state index is 7.15. The van der Waals surface area contributed by atoms with Gasteiger partial charge in [0.15, 0.2) is 0 Å². The van der Waals surface area contributed by atoms with Crippen LogP contribution < -0.4 is 4.74 Å². The molecule has 4 heteroatoms. The fraction of sp³-hybridized carbons (Fsp3) is 0.0370. The predicted octanol–water partition coefficient (Wildman–Crippen LogP) is 12.9. The molecule has 4 aliphatic rings. The fourth-order valence-corrected chi connectivity index (χ4v) is 11.3. The smallest absolute Gasteiger partial charge is 0.143 e. The Hall–Kier alpha value is -7.56. The average molecular weight is 739 g/mol. The molecule has 1 unspecified atom stereocenters. The molecule has 0 saturated heterocycles. The van der Waals surface area contributed by atoms with Crippen molar-refractivity contribution in [1.29, 1.82) is 0 Å². The Kier molecular flexibility index (Phi) is 5.62. The number of para-hydroxylation sites is 3. The zero-order valence-corrected chi connectivity index (χ0v) is 31.0. The molecule has 58 heavy (non-hydrogen) atoms. The molecule has 0 saturated carbocycles. The van der Waals surface area contributed by atoms with Crippen LogP contribution in [0, 0.1) is 0 Å². The van der Waals surface area contributed by atoms with Crippen LogP contribution in [0.2, 0.25) is 0 Å². The molecular formula is C54H30N2O2. The van der Waals surface area contributed by atoms with E-state index in [1.807, 2.05) is 24.5 Å². The predicted molar refractivity (Wildman–Crippen MR) is 228 cm³/mol. The normalized spacial score (nSPS) is 16.6. The highest BCUT2D eigenvalue weighted by Gasteiger charge is 2.56. The number of furan rings is 1. The summed E-state index contributed by atoms with van der Waals surface area (Å²) in [7, 11) is 0. The second-order valence-corrected chi connectivity index (χ2v) is 15.9. The SMILES string of the molecule is c1ccc2c(c1)Oc1cc3c(cc1C21c2cccnc2-c2ncc(-c4cccc5c4oc4ccccc45)cc21)-c1ccccc1C31c2ccccc2-c2ccccc21. The van der Waals surface area contributed by atoms with Gasteiger partial charge in [-0.2, -0.15) is 0 Å². The Balaban J connectivity index is 1.10. The average Bonchev–Trinajstić information content (AvgIpc) is 3.99. The van der Waals surface area contributed by atoms with Gasteiger partial charge in [-0.1, -0.05) is 133 Å². The van der Waals surface area contributed by atoms with Crippen molar-refractivity contribution in [2.75, 3.05) is 0 Å². The van der Waals surface area contributed by atoms with Gasteiger partial charge in [-0.3, -0.25) is 9.97 Å². The molecule has 0 fully saturated rings. The van der Waals surface area contributed by atoms with E-state index >= 15 is 0 Å². The number of nitrogens with zero attached hydrogens (tertiary/aromatic N) is 2. The van der Waals surface area contributed by atoms with Crippen molar-refractivity contribution in [2.45, 2.75) is 10.8 Å². The molecule has 2 spiro atoms. The van der Waals surface area contributed by atoms with Crippen LogP contribution in [0.1, 0.15) is 44.5 Å². The molecular weight excluding hydrogens is 709 g/mol. The van der Waals surface area contributed by atoms with Gasteiger partial charge in [0, 0.05) is 51.0 Å². The summed E-state index contributed by atoms with van der Waals surface area (Å²) in [5, 5.41) is 2.20. The third-order valence-electron chi connectivity index (χ3n) is 13.5. The Labute approximate surface area is 333 Å². The number of ether oxygens (including phenoxy) is 1. The number of pyridine rings is 2. The maximum absolute atomic E-state index is 7.15. The van der Waals surface area contributed by atoms with Crippen molar-refractivity contribution < 1.29 is 9.15 Å². The van der Waals surface area contributed by atoms with Gasteiger partial charge in [0.1, 0.15) is 22.7 Å². The van der Waals surface area contributed by atoms with Gasteiger partial charge in [-0.15, -0.1) is 0 Å². The van der Waals surface area contributed by atoms with E-state index in [4.69, 9.17) is 19.1 Å². The third kappa shape index (κ3) is 3.46. The second kappa shape index (κ2) is 10.6. The summed E-state index contributed by atoms with van der Waals surface area (Å²) in [6, 6.07) is 61.5. The second-order valence-electron chi connectivity index (χ2n) is 15.9. The highest BCUT2D eigenvalue weighted by Crippen LogP contribution is 2.67. The lowest BCUT2D eigenvalue weighted by molar-refractivity contribution is 0.435. The molecule has 0 amide bonds. The van der Waals surface area contributed by atoms with E-state index in [0.717, 1.165) is 78.2 Å². The highest BCUT2D eigenvalue weighted by molar-refractivity contribution is 6.09. The minimum atomic E-state index is -0.765. The molecule has 0 radical (unpaired) electrons. The Morgan fingerprint density at radius 3 is 1.78 bits per heavy atom. The summed E-state index contributed by atoms with van der Waals surface area (Å²) in [5.41, 5.74) is 18.8. The number of hydrogen-bond acceptors (Lipinski definition) is 4. The first-order valence-corrected chi connectivity index (χ1v) is 19.9. The van der Waals surface area contributed by atoms with Crippen LogP contribution in [-0.2, 0) is 10.8 Å². The standard InChI is InChI=1S/C54H30N2O2/c1-5-19-39-33(13-1)34-14-2-6-20-40(34)53(39)41-21-7-3-15-35(41)38-28-45-49(29-44(38)53)57-48-25-10-8-22-42(48)54(45)43-23-12-26-55-50(43)51-46(54)27-31(30-56-51)32-17-11-18-37-36-16-4-9-24-47(36)58-52(32)37/h1-30H. The zero-order chi connectivity index (χ0) is 37.7. The first kappa shape index (κ1) is 30.6. The van der Waals surface area contributed by atoms with Gasteiger partial charge >= 0.3 is 0 Å². The minimum absolute atomic E-state index is 0.491. The molecule has 1 aliphatic heterocycles. The van der Waals surface area contributed by atoms with Gasteiger partial charge in [-0.25, -0.2) is 0 Å². The van der Waals surface area contributed by atoms with E-state index in [1.54, 1.807) is 0 Å². The minimum Gasteiger partial charge on any atom is -0.457 e. The van der Waals surface area contributed by atoms with E-state index in [9.17, 15) is 0 Å². The molecule has 0 bridgehead atoms. The van der Waals surface area contributed by atoms with Crippen LogP contribution in [0.15, 0.2) is 187 Å². The third-order valence-corrected chi connectivity index (χ3v) is 13.5. The van der Waals surface area contributed by atoms with E-state index in [-0.39, 0.29) is 0 Å². The summed E-state index contributed by atoms with van der Waals surface area (Å²) in [6.07, 6.45) is 3.87. The van der Waals surface area contributed by atoms with Crippen molar-refractivity contribution >= 4 is 21.9 Å². The van der Waals surface area contributed by atoms with E-state index in [2.05, 4.69) is 158 Å². The van der Waals surface area contributed by atoms with Crippen molar-refractivity contribution in [3.05, 3.63) is 227 Å². The summed E-state index contributed by atoms with van der Waals surface area (Å²) in [6.45, 7) is 0. The van der Waals surface area contributed by atoms with Gasteiger partial charge in [0.25, 0.3) is 0 Å². The van der Waals surface area contributed by atoms with Crippen LogP contribution in [0.4, 0.5) is 0 Å². The van der Waals surface area contributed by atoms with Gasteiger partial charge < -0.3 is 9.15 Å². The molecule has 3 aliphatic carbocycles. The molecule has 14 rings (SSSR count). The molecule has 4 heterocycles. The molecule has 10 aromatic rings. The topological polar surface area (TPSA) is 48.2 Å². The van der Waals surface area contributed by atoms with E-state index in [0.29, 0.717) is 0 Å². The van der Waals surface area contributed by atoms with Gasteiger partial charge in [0.05, 0.1) is 22.2 Å². The Morgan fingerprint density at radius 1 is 0.379 bits per heavy atom. The number of hydrogen-bond donors (Lipinski definition) is 0. The highest BCUT2D eigenvalue weighted by atomic mass is 16.5. The Morgan fingerprint density at radius 2 is 0.983 bits per heavy atom. The molecule has 1 atom stereocenters. The van der Waals surface area contributed by atoms with Crippen LogP contribution in [0.25, 0.3) is 66.7 Å². The lowest BCUT2D eigenvalue weighted by Gasteiger charge is -2.40. The number of aromatic nitrogens is 2. The number of rotatable bonds is 1. The van der Waals surface area contributed by atoms with Gasteiger partial charge in [-0.05, 0) is 86.5 Å². The zero-order valence-electron chi connectivity index (χ0n) is 31.0. The molecule has 0 N–H and O–H groups in total. The van der Waals surface area contributed by atoms with Crippen molar-refractivity contribution in [1.82, 2.24) is 9.97 Å². The van der Waals surface area contributed by atoms with Crippen LogP contribution in [-0.4, -0.2) is 9.97 Å². The molecule has 268 valence electrons. The van der Waals surface area contributed by atoms with Gasteiger partial charge in [0.2, 0.25) is 0 Å². The fourth-order valence-electron chi connectivity index (χ4n) is 11.3.